The van der Waals surface area contributed by atoms with Gasteiger partial charge in [-0.2, -0.15) is 5.10 Å². The first kappa shape index (κ1) is 14.4. The maximum Gasteiger partial charge on any atom is 0.271 e. The van der Waals surface area contributed by atoms with Crippen molar-refractivity contribution < 1.29 is 14.3 Å². The highest BCUT2D eigenvalue weighted by Crippen LogP contribution is 2.37. The second-order valence-corrected chi connectivity index (χ2v) is 5.84. The molecule has 1 unspecified atom stereocenters. The summed E-state index contributed by atoms with van der Waals surface area (Å²) in [5.74, 6) is -0.195. The van der Waals surface area contributed by atoms with Crippen LogP contribution in [0.3, 0.4) is 0 Å². The molecular weight excluding hydrogens is 270 g/mol. The van der Waals surface area contributed by atoms with Gasteiger partial charge in [0.1, 0.15) is 0 Å². The van der Waals surface area contributed by atoms with E-state index in [9.17, 15) is 4.79 Å². The summed E-state index contributed by atoms with van der Waals surface area (Å²) < 4.78 is 11.6. The Balaban J connectivity index is 1.49. The van der Waals surface area contributed by atoms with E-state index in [0.29, 0.717) is 12.2 Å². The first-order valence-electron chi connectivity index (χ1n) is 7.51. The summed E-state index contributed by atoms with van der Waals surface area (Å²) in [5.41, 5.74) is 1.13. The number of ether oxygens (including phenoxy) is 2. The number of rotatable bonds is 3. The summed E-state index contributed by atoms with van der Waals surface area (Å²) in [6, 6.07) is 3.47. The number of hydrogen-bond donors (Lipinski definition) is 1. The standard InChI is InChI=1S/C15H21N3O3/c1-11-2-3-13(18-17-11)14(19)16-10-12-4-5-15(21-12)6-8-20-9-7-15/h2-3,12H,4-10H2,1H3,(H,16,19). The van der Waals surface area contributed by atoms with Crippen molar-refractivity contribution >= 4 is 5.91 Å². The molecule has 6 heteroatoms. The van der Waals surface area contributed by atoms with Crippen molar-refractivity contribution in [3.8, 4) is 0 Å². The van der Waals surface area contributed by atoms with Gasteiger partial charge in [0.25, 0.3) is 5.91 Å². The fraction of sp³-hybridized carbons (Fsp3) is 0.667. The van der Waals surface area contributed by atoms with Gasteiger partial charge >= 0.3 is 0 Å². The molecule has 1 spiro atoms. The van der Waals surface area contributed by atoms with Gasteiger partial charge in [-0.05, 0) is 44.7 Å². The van der Waals surface area contributed by atoms with Crippen LogP contribution >= 0.6 is 0 Å². The normalized spacial score (nSPS) is 24.1. The number of aryl methyl sites for hydroxylation is 1. The summed E-state index contributed by atoms with van der Waals surface area (Å²) >= 11 is 0. The van der Waals surface area contributed by atoms with Crippen LogP contribution in [0.1, 0.15) is 41.9 Å². The molecule has 114 valence electrons. The monoisotopic (exact) mass is 291 g/mol. The van der Waals surface area contributed by atoms with Gasteiger partial charge in [-0.15, -0.1) is 5.10 Å². The highest BCUT2D eigenvalue weighted by molar-refractivity contribution is 5.92. The van der Waals surface area contributed by atoms with E-state index < -0.39 is 0 Å². The Kier molecular flexibility index (Phi) is 4.17. The van der Waals surface area contributed by atoms with Crippen molar-refractivity contribution in [1.29, 1.82) is 0 Å². The lowest BCUT2D eigenvalue weighted by atomic mass is 9.91. The summed E-state index contributed by atoms with van der Waals surface area (Å²) in [7, 11) is 0. The van der Waals surface area contributed by atoms with Crippen LogP contribution in [-0.2, 0) is 9.47 Å². The molecule has 2 saturated heterocycles. The van der Waals surface area contributed by atoms with E-state index in [0.717, 1.165) is 44.6 Å². The van der Waals surface area contributed by atoms with Gasteiger partial charge in [-0.25, -0.2) is 0 Å². The average molecular weight is 291 g/mol. The van der Waals surface area contributed by atoms with Crippen molar-refractivity contribution in [3.63, 3.8) is 0 Å². The van der Waals surface area contributed by atoms with Crippen molar-refractivity contribution in [1.82, 2.24) is 15.5 Å². The van der Waals surface area contributed by atoms with Crippen LogP contribution in [0.5, 0.6) is 0 Å². The average Bonchev–Trinajstić information content (AvgIpc) is 2.89. The third-order valence-corrected chi connectivity index (χ3v) is 4.26. The Labute approximate surface area is 124 Å². The molecule has 0 radical (unpaired) electrons. The van der Waals surface area contributed by atoms with Gasteiger partial charge in [0.2, 0.25) is 0 Å². The molecule has 2 fully saturated rings. The molecule has 3 heterocycles. The van der Waals surface area contributed by atoms with Crippen LogP contribution in [0, 0.1) is 6.92 Å². The molecule has 0 bridgehead atoms. The van der Waals surface area contributed by atoms with E-state index in [1.165, 1.54) is 0 Å². The SMILES string of the molecule is Cc1ccc(C(=O)NCC2CCC3(CCOCC3)O2)nn1. The fourth-order valence-electron chi connectivity index (χ4n) is 2.97. The molecule has 0 saturated carbocycles. The zero-order chi connectivity index (χ0) is 14.7. The van der Waals surface area contributed by atoms with Gasteiger partial charge in [0, 0.05) is 19.8 Å². The summed E-state index contributed by atoms with van der Waals surface area (Å²) in [5, 5.41) is 10.7. The lowest BCUT2D eigenvalue weighted by Gasteiger charge is -2.33. The number of aromatic nitrogens is 2. The summed E-state index contributed by atoms with van der Waals surface area (Å²) in [6.07, 6.45) is 4.05. The van der Waals surface area contributed by atoms with Crippen molar-refractivity contribution in [2.24, 2.45) is 0 Å². The van der Waals surface area contributed by atoms with Crippen LogP contribution < -0.4 is 5.32 Å². The van der Waals surface area contributed by atoms with Crippen LogP contribution in [-0.4, -0.2) is 47.6 Å². The molecule has 21 heavy (non-hydrogen) atoms. The number of carbonyl (C=O) groups is 1. The summed E-state index contributed by atoms with van der Waals surface area (Å²) in [4.78, 5) is 12.0. The zero-order valence-electron chi connectivity index (χ0n) is 12.3. The van der Waals surface area contributed by atoms with Gasteiger partial charge in [0.05, 0.1) is 17.4 Å². The summed E-state index contributed by atoms with van der Waals surface area (Å²) in [6.45, 7) is 3.92. The molecule has 3 rings (SSSR count). The number of hydrogen-bond acceptors (Lipinski definition) is 5. The maximum absolute atomic E-state index is 12.0. The van der Waals surface area contributed by atoms with Gasteiger partial charge in [0.15, 0.2) is 5.69 Å². The quantitative estimate of drug-likeness (QED) is 0.907. The van der Waals surface area contributed by atoms with Crippen LogP contribution in [0.15, 0.2) is 12.1 Å². The number of amides is 1. The van der Waals surface area contributed by atoms with Gasteiger partial charge in [-0.1, -0.05) is 0 Å². The lowest BCUT2D eigenvalue weighted by Crippen LogP contribution is -2.39. The van der Waals surface area contributed by atoms with Crippen molar-refractivity contribution in [3.05, 3.63) is 23.5 Å². The van der Waals surface area contributed by atoms with E-state index in [1.54, 1.807) is 12.1 Å². The lowest BCUT2D eigenvalue weighted by molar-refractivity contribution is -0.102. The topological polar surface area (TPSA) is 73.3 Å². The molecule has 0 aromatic carbocycles. The minimum absolute atomic E-state index is 0.0166. The predicted octanol–water partition coefficient (Wildman–Crippen LogP) is 1.24. The minimum Gasteiger partial charge on any atom is -0.381 e. The van der Waals surface area contributed by atoms with E-state index in [-0.39, 0.29) is 17.6 Å². The highest BCUT2D eigenvalue weighted by Gasteiger charge is 2.41. The Morgan fingerprint density at radius 3 is 2.86 bits per heavy atom. The van der Waals surface area contributed by atoms with Gasteiger partial charge in [-0.3, -0.25) is 4.79 Å². The zero-order valence-corrected chi connectivity index (χ0v) is 12.3. The highest BCUT2D eigenvalue weighted by atomic mass is 16.5. The molecule has 0 aliphatic carbocycles. The second-order valence-electron chi connectivity index (χ2n) is 5.84. The largest absolute Gasteiger partial charge is 0.381 e. The molecule has 2 aliphatic heterocycles. The third kappa shape index (κ3) is 3.39. The van der Waals surface area contributed by atoms with Crippen LogP contribution in [0.25, 0.3) is 0 Å². The molecular formula is C15H21N3O3. The number of nitrogens with zero attached hydrogens (tertiary/aromatic N) is 2. The van der Waals surface area contributed by atoms with Crippen molar-refractivity contribution in [2.75, 3.05) is 19.8 Å². The molecule has 1 atom stereocenters. The van der Waals surface area contributed by atoms with Crippen LogP contribution in [0.2, 0.25) is 0 Å². The van der Waals surface area contributed by atoms with Gasteiger partial charge < -0.3 is 14.8 Å². The number of nitrogens with one attached hydrogen (secondary N) is 1. The third-order valence-electron chi connectivity index (χ3n) is 4.26. The Hall–Kier alpha value is -1.53. The first-order valence-corrected chi connectivity index (χ1v) is 7.51. The minimum atomic E-state index is -0.195. The smallest absolute Gasteiger partial charge is 0.271 e. The predicted molar refractivity (Wildman–Crippen MR) is 76.0 cm³/mol. The molecule has 1 amide bonds. The van der Waals surface area contributed by atoms with E-state index >= 15 is 0 Å². The van der Waals surface area contributed by atoms with E-state index in [1.807, 2.05) is 6.92 Å². The fourth-order valence-corrected chi connectivity index (χ4v) is 2.97. The second kappa shape index (κ2) is 6.07. The van der Waals surface area contributed by atoms with E-state index in [4.69, 9.17) is 9.47 Å². The molecule has 1 N–H and O–H groups in total. The molecule has 6 nitrogen and oxygen atoms in total. The molecule has 2 aliphatic rings. The Morgan fingerprint density at radius 2 is 2.14 bits per heavy atom. The Morgan fingerprint density at radius 1 is 1.33 bits per heavy atom. The van der Waals surface area contributed by atoms with Crippen molar-refractivity contribution in [2.45, 2.75) is 44.3 Å². The maximum atomic E-state index is 12.0. The molecule has 1 aromatic heterocycles. The number of carbonyl (C=O) groups excluding carboxylic acids is 1. The van der Waals surface area contributed by atoms with Crippen LogP contribution in [0.4, 0.5) is 0 Å². The van der Waals surface area contributed by atoms with E-state index in [2.05, 4.69) is 15.5 Å². The first-order chi connectivity index (χ1) is 10.2. The molecule has 1 aromatic rings. The Bertz CT molecular complexity index is 497.